The number of hydrogen-bond donors (Lipinski definition) is 3. The molecule has 0 heterocycles. The molecule has 0 saturated carbocycles. The van der Waals surface area contributed by atoms with Gasteiger partial charge < -0.3 is 15.5 Å². The maximum absolute atomic E-state index is 9.43. The van der Waals surface area contributed by atoms with Gasteiger partial charge in [0.1, 0.15) is 0 Å². The van der Waals surface area contributed by atoms with E-state index in [1.54, 1.807) is 0 Å². The molecule has 3 rings (SSSR count). The molecule has 25 heavy (non-hydrogen) atoms. The van der Waals surface area contributed by atoms with Gasteiger partial charge in [-0.2, -0.15) is 0 Å². The van der Waals surface area contributed by atoms with Gasteiger partial charge in [0.05, 0.1) is 19.3 Å². The van der Waals surface area contributed by atoms with Crippen LogP contribution in [-0.2, 0) is 0 Å². The molecule has 0 aliphatic carbocycles. The van der Waals surface area contributed by atoms with E-state index in [0.29, 0.717) is 0 Å². The quantitative estimate of drug-likeness (QED) is 0.579. The van der Waals surface area contributed by atoms with Crippen LogP contribution in [-0.4, -0.2) is 29.5 Å². The summed E-state index contributed by atoms with van der Waals surface area (Å²) in [5.74, 6) is 0.0733. The van der Waals surface area contributed by atoms with Crippen LogP contribution in [0.25, 0.3) is 0 Å². The third-order valence-corrected chi connectivity index (χ3v) is 4.34. The van der Waals surface area contributed by atoms with Crippen LogP contribution in [0.5, 0.6) is 0 Å². The van der Waals surface area contributed by atoms with Crippen molar-refractivity contribution in [3.63, 3.8) is 0 Å². The number of aliphatic hydroxyl groups excluding tert-OH is 2. The van der Waals surface area contributed by atoms with Crippen LogP contribution >= 0.6 is 0 Å². The van der Waals surface area contributed by atoms with E-state index in [1.165, 1.54) is 11.1 Å². The largest absolute Gasteiger partial charge is 0.394 e. The minimum atomic E-state index is -0.381. The minimum absolute atomic E-state index is 0.0733. The Hall–Kier alpha value is -2.62. The molecular weight excluding hydrogens is 310 g/mol. The molecule has 0 unspecified atom stereocenters. The van der Waals surface area contributed by atoms with Gasteiger partial charge in [-0.05, 0) is 22.8 Å². The fraction of sp³-hybridized carbons (Fsp3) is 0.182. The second kappa shape index (κ2) is 8.47. The van der Waals surface area contributed by atoms with Crippen LogP contribution in [0.2, 0.25) is 0 Å². The Morgan fingerprint density at radius 2 is 1.12 bits per heavy atom. The fourth-order valence-electron chi connectivity index (χ4n) is 3.09. The molecule has 3 aromatic rings. The third-order valence-electron chi connectivity index (χ3n) is 4.34. The highest BCUT2D eigenvalue weighted by molar-refractivity contribution is 5.59. The van der Waals surface area contributed by atoms with Gasteiger partial charge >= 0.3 is 0 Å². The van der Waals surface area contributed by atoms with E-state index in [0.717, 1.165) is 11.3 Å². The van der Waals surface area contributed by atoms with Gasteiger partial charge in [-0.1, -0.05) is 78.9 Å². The number of anilines is 1. The molecule has 0 fully saturated rings. The monoisotopic (exact) mass is 333 g/mol. The average Bonchev–Trinajstić information content (AvgIpc) is 2.69. The molecule has 0 aliphatic heterocycles. The molecule has 0 atom stereocenters. The van der Waals surface area contributed by atoms with Gasteiger partial charge in [-0.3, -0.25) is 0 Å². The lowest BCUT2D eigenvalue weighted by Crippen LogP contribution is -2.28. The lowest BCUT2D eigenvalue weighted by atomic mass is 9.84. The van der Waals surface area contributed by atoms with Crippen molar-refractivity contribution in [2.75, 3.05) is 18.5 Å². The predicted octanol–water partition coefficient (Wildman–Crippen LogP) is 3.63. The zero-order valence-corrected chi connectivity index (χ0v) is 14.0. The van der Waals surface area contributed by atoms with Gasteiger partial charge in [-0.15, -0.1) is 0 Å². The Balaban J connectivity index is 2.08. The highest BCUT2D eigenvalue weighted by Crippen LogP contribution is 2.36. The summed E-state index contributed by atoms with van der Waals surface area (Å²) in [7, 11) is 0. The van der Waals surface area contributed by atoms with Crippen molar-refractivity contribution in [3.8, 4) is 0 Å². The summed E-state index contributed by atoms with van der Waals surface area (Å²) in [5, 5.41) is 22.1. The number of rotatable bonds is 7. The molecule has 3 nitrogen and oxygen atoms in total. The Labute approximate surface area is 148 Å². The second-order valence-corrected chi connectivity index (χ2v) is 6.05. The molecule has 3 heteroatoms. The summed E-state index contributed by atoms with van der Waals surface area (Å²) in [5.41, 5.74) is 4.44. The van der Waals surface area contributed by atoms with Crippen LogP contribution in [0.1, 0.15) is 22.6 Å². The topological polar surface area (TPSA) is 52.5 Å². The predicted molar refractivity (Wildman–Crippen MR) is 102 cm³/mol. The molecule has 0 aliphatic rings. The van der Waals surface area contributed by atoms with Crippen molar-refractivity contribution in [1.82, 2.24) is 0 Å². The lowest BCUT2D eigenvalue weighted by Gasteiger charge is -2.24. The van der Waals surface area contributed by atoms with E-state index in [9.17, 15) is 10.2 Å². The van der Waals surface area contributed by atoms with Crippen molar-refractivity contribution in [2.45, 2.75) is 12.0 Å². The lowest BCUT2D eigenvalue weighted by molar-refractivity contribution is 0.204. The van der Waals surface area contributed by atoms with Crippen LogP contribution in [0, 0.1) is 0 Å². The molecule has 0 aromatic heterocycles. The number of aliphatic hydroxyl groups is 2. The van der Waals surface area contributed by atoms with Crippen molar-refractivity contribution in [1.29, 1.82) is 0 Å². The fourth-order valence-corrected chi connectivity index (χ4v) is 3.09. The number of benzene rings is 3. The SMILES string of the molecule is OCC(CO)Nc1ccccc1C(c1ccccc1)c1ccccc1. The number of para-hydroxylation sites is 1. The van der Waals surface area contributed by atoms with Crippen LogP contribution in [0.3, 0.4) is 0 Å². The third kappa shape index (κ3) is 4.08. The highest BCUT2D eigenvalue weighted by Gasteiger charge is 2.20. The maximum atomic E-state index is 9.43. The van der Waals surface area contributed by atoms with Crippen LogP contribution in [0.4, 0.5) is 5.69 Å². The Kier molecular flexibility index (Phi) is 5.83. The molecule has 3 aromatic carbocycles. The summed E-state index contributed by atoms with van der Waals surface area (Å²) in [6, 6.07) is 28.4. The van der Waals surface area contributed by atoms with Gasteiger partial charge in [0.2, 0.25) is 0 Å². The molecule has 0 radical (unpaired) electrons. The van der Waals surface area contributed by atoms with Gasteiger partial charge in [0.25, 0.3) is 0 Å². The number of hydrogen-bond acceptors (Lipinski definition) is 3. The van der Waals surface area contributed by atoms with E-state index < -0.39 is 0 Å². The van der Waals surface area contributed by atoms with Crippen LogP contribution in [0.15, 0.2) is 84.9 Å². The first-order chi connectivity index (χ1) is 12.3. The van der Waals surface area contributed by atoms with Gasteiger partial charge in [0.15, 0.2) is 0 Å². The van der Waals surface area contributed by atoms with Crippen molar-refractivity contribution in [3.05, 3.63) is 102 Å². The summed E-state index contributed by atoms with van der Waals surface area (Å²) in [6.07, 6.45) is 0. The average molecular weight is 333 g/mol. The maximum Gasteiger partial charge on any atom is 0.0723 e. The van der Waals surface area contributed by atoms with E-state index >= 15 is 0 Å². The van der Waals surface area contributed by atoms with E-state index in [2.05, 4.69) is 35.6 Å². The standard InChI is InChI=1S/C22H23NO2/c24-15-19(16-25)23-21-14-8-7-13-20(21)22(17-9-3-1-4-10-17)18-11-5-2-6-12-18/h1-14,19,22-25H,15-16H2. The zero-order valence-electron chi connectivity index (χ0n) is 14.0. The first-order valence-electron chi connectivity index (χ1n) is 8.50. The summed E-state index contributed by atoms with van der Waals surface area (Å²) in [4.78, 5) is 0. The molecule has 128 valence electrons. The van der Waals surface area contributed by atoms with E-state index in [4.69, 9.17) is 0 Å². The van der Waals surface area contributed by atoms with Crippen LogP contribution < -0.4 is 5.32 Å². The van der Waals surface area contributed by atoms with Gasteiger partial charge in [0, 0.05) is 11.6 Å². The zero-order chi connectivity index (χ0) is 17.5. The van der Waals surface area contributed by atoms with Crippen molar-refractivity contribution >= 4 is 5.69 Å². The highest BCUT2D eigenvalue weighted by atomic mass is 16.3. The molecule has 0 amide bonds. The normalized spacial score (nSPS) is 11.0. The Bertz CT molecular complexity index is 731. The van der Waals surface area contributed by atoms with Crippen molar-refractivity contribution in [2.24, 2.45) is 0 Å². The molecule has 0 bridgehead atoms. The van der Waals surface area contributed by atoms with Gasteiger partial charge in [-0.25, -0.2) is 0 Å². The molecular formula is C22H23NO2. The number of nitrogens with one attached hydrogen (secondary N) is 1. The Morgan fingerprint density at radius 1 is 0.640 bits per heavy atom. The summed E-state index contributed by atoms with van der Waals surface area (Å²) < 4.78 is 0. The summed E-state index contributed by atoms with van der Waals surface area (Å²) in [6.45, 7) is -0.238. The minimum Gasteiger partial charge on any atom is -0.394 e. The second-order valence-electron chi connectivity index (χ2n) is 6.05. The van der Waals surface area contributed by atoms with E-state index in [-0.39, 0.29) is 25.2 Å². The first kappa shape index (κ1) is 17.2. The molecule has 0 saturated heterocycles. The smallest absolute Gasteiger partial charge is 0.0723 e. The first-order valence-corrected chi connectivity index (χ1v) is 8.50. The van der Waals surface area contributed by atoms with E-state index in [1.807, 2.05) is 54.6 Å². The van der Waals surface area contributed by atoms with Crippen molar-refractivity contribution < 1.29 is 10.2 Å². The summed E-state index contributed by atoms with van der Waals surface area (Å²) >= 11 is 0. The molecule has 0 spiro atoms. The Morgan fingerprint density at radius 3 is 1.64 bits per heavy atom. The molecule has 3 N–H and O–H groups in total.